The van der Waals surface area contributed by atoms with Crippen LogP contribution in [-0.2, 0) is 16.0 Å². The number of carbonyl (C=O) groups excluding carboxylic acids is 2. The molecular formula is C18H19ClO7. The molecule has 1 aromatic rings. The molecule has 2 rings (SSSR count). The molecule has 0 bridgehead atoms. The first-order chi connectivity index (χ1) is 12.2. The molecule has 0 amide bonds. The van der Waals surface area contributed by atoms with Crippen molar-refractivity contribution in [1.82, 2.24) is 0 Å². The summed E-state index contributed by atoms with van der Waals surface area (Å²) in [6.07, 6.45) is 1.64. The summed E-state index contributed by atoms with van der Waals surface area (Å²) in [7, 11) is 0. The SMILES string of the molecule is C[C@@H]1C[C@H](O)[C@@H](O)/C=C\C=C\C(=O)Cc2c(Cl)c(O)cc(O)c2C(=O)O1. The first-order valence-electron chi connectivity index (χ1n) is 7.88. The molecule has 1 aliphatic rings. The van der Waals surface area contributed by atoms with E-state index in [1.54, 1.807) is 0 Å². The minimum Gasteiger partial charge on any atom is -0.507 e. The van der Waals surface area contributed by atoms with Crippen LogP contribution in [0.3, 0.4) is 0 Å². The van der Waals surface area contributed by atoms with Gasteiger partial charge >= 0.3 is 5.97 Å². The number of hydrogen-bond acceptors (Lipinski definition) is 7. The molecule has 3 atom stereocenters. The lowest BCUT2D eigenvalue weighted by atomic mass is 9.99. The highest BCUT2D eigenvalue weighted by Crippen LogP contribution is 2.37. The zero-order valence-corrected chi connectivity index (χ0v) is 14.7. The van der Waals surface area contributed by atoms with E-state index in [0.29, 0.717) is 0 Å². The number of aromatic hydroxyl groups is 2. The molecule has 0 saturated heterocycles. The van der Waals surface area contributed by atoms with Crippen molar-refractivity contribution in [3.05, 3.63) is 46.5 Å². The number of carbonyl (C=O) groups is 2. The largest absolute Gasteiger partial charge is 0.507 e. The monoisotopic (exact) mass is 382 g/mol. The Morgan fingerprint density at radius 2 is 1.85 bits per heavy atom. The van der Waals surface area contributed by atoms with Crippen LogP contribution in [0.5, 0.6) is 11.5 Å². The van der Waals surface area contributed by atoms with Crippen molar-refractivity contribution in [2.75, 3.05) is 0 Å². The van der Waals surface area contributed by atoms with Crippen molar-refractivity contribution in [3.8, 4) is 11.5 Å². The predicted octanol–water partition coefficient (Wildman–Crippen LogP) is 1.65. The highest BCUT2D eigenvalue weighted by molar-refractivity contribution is 6.33. The lowest BCUT2D eigenvalue weighted by Crippen LogP contribution is -2.30. The lowest BCUT2D eigenvalue weighted by molar-refractivity contribution is -0.114. The number of phenols is 2. The van der Waals surface area contributed by atoms with Crippen molar-refractivity contribution >= 4 is 23.4 Å². The summed E-state index contributed by atoms with van der Waals surface area (Å²) in [4.78, 5) is 24.6. The highest BCUT2D eigenvalue weighted by Gasteiger charge is 2.27. The minimum atomic E-state index is -1.20. The van der Waals surface area contributed by atoms with Crippen molar-refractivity contribution in [2.24, 2.45) is 0 Å². The van der Waals surface area contributed by atoms with Crippen LogP contribution in [0.25, 0.3) is 0 Å². The molecule has 0 radical (unpaired) electrons. The number of esters is 1. The molecule has 7 nitrogen and oxygen atoms in total. The Bertz CT molecular complexity index is 769. The molecule has 0 aliphatic carbocycles. The van der Waals surface area contributed by atoms with Gasteiger partial charge in [0, 0.05) is 24.5 Å². The number of allylic oxidation sites excluding steroid dienone is 3. The molecule has 4 N–H and O–H groups in total. The Labute approximate surface area is 154 Å². The summed E-state index contributed by atoms with van der Waals surface area (Å²) in [6.45, 7) is 1.51. The first kappa shape index (κ1) is 20.0. The highest BCUT2D eigenvalue weighted by atomic mass is 35.5. The number of benzene rings is 1. The lowest BCUT2D eigenvalue weighted by Gasteiger charge is -2.21. The first-order valence-corrected chi connectivity index (χ1v) is 8.26. The van der Waals surface area contributed by atoms with E-state index in [1.807, 2.05) is 0 Å². The third kappa shape index (κ3) is 4.63. The summed E-state index contributed by atoms with van der Waals surface area (Å²) >= 11 is 6.01. The van der Waals surface area contributed by atoms with Crippen molar-refractivity contribution in [3.63, 3.8) is 0 Å². The van der Waals surface area contributed by atoms with Crippen LogP contribution in [0, 0.1) is 0 Å². The predicted molar refractivity (Wildman–Crippen MR) is 93.3 cm³/mol. The maximum Gasteiger partial charge on any atom is 0.342 e. The fourth-order valence-electron chi connectivity index (χ4n) is 2.55. The van der Waals surface area contributed by atoms with Crippen molar-refractivity contribution < 1.29 is 34.8 Å². The Kier molecular flexibility index (Phi) is 6.42. The number of fused-ring (bicyclic) bond motifs is 1. The van der Waals surface area contributed by atoms with E-state index in [9.17, 15) is 30.0 Å². The second-order valence-corrected chi connectivity index (χ2v) is 6.36. The van der Waals surface area contributed by atoms with Gasteiger partial charge in [-0.25, -0.2) is 4.79 Å². The fraction of sp³-hybridized carbons (Fsp3) is 0.333. The minimum absolute atomic E-state index is 0.0538. The van der Waals surface area contributed by atoms with E-state index in [1.165, 1.54) is 31.2 Å². The zero-order valence-electron chi connectivity index (χ0n) is 13.9. The molecular weight excluding hydrogens is 364 g/mol. The van der Waals surface area contributed by atoms with Gasteiger partial charge in [-0.15, -0.1) is 0 Å². The van der Waals surface area contributed by atoms with Crippen LogP contribution >= 0.6 is 11.6 Å². The van der Waals surface area contributed by atoms with Crippen LogP contribution in [0.15, 0.2) is 30.4 Å². The summed E-state index contributed by atoms with van der Waals surface area (Å²) in [5.74, 6) is -2.47. The second-order valence-electron chi connectivity index (χ2n) is 5.98. The van der Waals surface area contributed by atoms with Gasteiger partial charge in [0.2, 0.25) is 0 Å². The molecule has 8 heteroatoms. The normalized spacial score (nSPS) is 27.2. The van der Waals surface area contributed by atoms with Gasteiger partial charge < -0.3 is 25.2 Å². The molecule has 0 spiro atoms. The quantitative estimate of drug-likeness (QED) is 0.503. The Balaban J connectivity index is 2.51. The Hall–Kier alpha value is -2.35. The number of rotatable bonds is 0. The molecule has 0 aromatic heterocycles. The van der Waals surface area contributed by atoms with Gasteiger partial charge in [0.25, 0.3) is 0 Å². The van der Waals surface area contributed by atoms with Crippen molar-refractivity contribution in [2.45, 2.75) is 38.1 Å². The molecule has 1 heterocycles. The number of ketones is 1. The van der Waals surface area contributed by atoms with Gasteiger partial charge in [0.1, 0.15) is 23.2 Å². The summed E-state index contributed by atoms with van der Waals surface area (Å²) < 4.78 is 5.19. The molecule has 0 fully saturated rings. The molecule has 1 aromatic carbocycles. The fourth-order valence-corrected chi connectivity index (χ4v) is 2.77. The van der Waals surface area contributed by atoms with Crippen LogP contribution in [0.1, 0.15) is 29.3 Å². The molecule has 140 valence electrons. The number of ether oxygens (including phenoxy) is 1. The van der Waals surface area contributed by atoms with Gasteiger partial charge in [-0.1, -0.05) is 29.8 Å². The van der Waals surface area contributed by atoms with Gasteiger partial charge in [-0.3, -0.25) is 4.79 Å². The number of halogens is 1. The molecule has 0 saturated carbocycles. The molecule has 0 unspecified atom stereocenters. The van der Waals surface area contributed by atoms with E-state index < -0.39 is 41.6 Å². The second kappa shape index (κ2) is 8.35. The average molecular weight is 383 g/mol. The molecule has 26 heavy (non-hydrogen) atoms. The standard InChI is InChI=1S/C18H19ClO7/c1-9-6-13(22)12(21)5-3-2-4-10(20)7-11-16(18(25)26-9)14(23)8-15(24)17(11)19/h2-5,8-9,12-13,21-24H,6-7H2,1H3/b4-2+,5-3-/t9-,12+,13+/m1/s1. The number of hydrogen-bond donors (Lipinski definition) is 4. The summed E-state index contributed by atoms with van der Waals surface area (Å²) in [5.41, 5.74) is -0.387. The third-order valence-corrected chi connectivity index (χ3v) is 4.28. The number of aliphatic hydroxyl groups is 2. The molecule has 1 aliphatic heterocycles. The van der Waals surface area contributed by atoms with Gasteiger partial charge in [0.05, 0.1) is 17.2 Å². The van der Waals surface area contributed by atoms with Crippen LogP contribution < -0.4 is 0 Å². The number of aliphatic hydroxyl groups excluding tert-OH is 2. The third-order valence-electron chi connectivity index (χ3n) is 3.85. The van der Waals surface area contributed by atoms with E-state index in [0.717, 1.165) is 6.07 Å². The van der Waals surface area contributed by atoms with Crippen molar-refractivity contribution in [1.29, 1.82) is 0 Å². The zero-order chi connectivity index (χ0) is 19.4. The van der Waals surface area contributed by atoms with E-state index in [-0.39, 0.29) is 29.0 Å². The summed E-state index contributed by atoms with van der Waals surface area (Å²) in [6, 6.07) is 0.887. The smallest absolute Gasteiger partial charge is 0.342 e. The average Bonchev–Trinajstić information content (AvgIpc) is 2.54. The number of cyclic esters (lactones) is 1. The Morgan fingerprint density at radius 1 is 1.15 bits per heavy atom. The summed E-state index contributed by atoms with van der Waals surface area (Å²) in [5, 5.41) is 39.4. The van der Waals surface area contributed by atoms with Crippen LogP contribution in [0.4, 0.5) is 0 Å². The van der Waals surface area contributed by atoms with Gasteiger partial charge in [0.15, 0.2) is 5.78 Å². The van der Waals surface area contributed by atoms with E-state index in [4.69, 9.17) is 16.3 Å². The maximum absolute atomic E-state index is 12.5. The topological polar surface area (TPSA) is 124 Å². The number of phenolic OH excluding ortho intramolecular Hbond substituents is 2. The Morgan fingerprint density at radius 3 is 2.54 bits per heavy atom. The van der Waals surface area contributed by atoms with Gasteiger partial charge in [-0.05, 0) is 13.0 Å². The van der Waals surface area contributed by atoms with Gasteiger partial charge in [-0.2, -0.15) is 0 Å². The van der Waals surface area contributed by atoms with E-state index >= 15 is 0 Å². The maximum atomic E-state index is 12.5. The van der Waals surface area contributed by atoms with E-state index in [2.05, 4.69) is 0 Å². The van der Waals surface area contributed by atoms with Crippen LogP contribution in [-0.4, -0.2) is 50.5 Å². The van der Waals surface area contributed by atoms with Crippen LogP contribution in [0.2, 0.25) is 5.02 Å².